The molecule has 1 aromatic heterocycles. The van der Waals surface area contributed by atoms with Gasteiger partial charge in [-0.05, 0) is 51.9 Å². The molecular formula is C15H15BrN2O3. The summed E-state index contributed by atoms with van der Waals surface area (Å²) in [5, 5.41) is 21.0. The molecule has 110 valence electrons. The fraction of sp³-hybridized carbons (Fsp3) is 0.333. The largest absolute Gasteiger partial charge is 0.388 e. The summed E-state index contributed by atoms with van der Waals surface area (Å²) >= 11 is 3.30. The normalized spacial score (nSPS) is 15.9. The van der Waals surface area contributed by atoms with E-state index in [2.05, 4.69) is 15.9 Å². The second-order valence-corrected chi connectivity index (χ2v) is 6.20. The van der Waals surface area contributed by atoms with Crippen molar-refractivity contribution in [1.82, 2.24) is 4.57 Å². The van der Waals surface area contributed by atoms with Gasteiger partial charge in [-0.25, -0.2) is 0 Å². The monoisotopic (exact) mass is 350 g/mol. The molecule has 0 amide bonds. The highest BCUT2D eigenvalue weighted by molar-refractivity contribution is 9.10. The molecule has 1 fully saturated rings. The number of hydrogen-bond donors (Lipinski definition) is 1. The van der Waals surface area contributed by atoms with E-state index in [0.717, 1.165) is 24.0 Å². The van der Waals surface area contributed by atoms with Crippen molar-refractivity contribution in [3.8, 4) is 0 Å². The average Bonchev–Trinajstić information content (AvgIpc) is 3.20. The standard InChI is InChI=1S/C15H15BrN2O3/c16-14-11(2-1-3-13(14)18(20)21)8-17-7-6-12(9-17)15(19)10-4-5-10/h1-3,6-7,9-10,15,19H,4-5,8H2. The molecule has 0 radical (unpaired) electrons. The maximum absolute atomic E-state index is 10.9. The highest BCUT2D eigenvalue weighted by Gasteiger charge is 2.31. The Balaban J connectivity index is 1.80. The van der Waals surface area contributed by atoms with Crippen molar-refractivity contribution in [1.29, 1.82) is 0 Å². The molecule has 0 aliphatic heterocycles. The van der Waals surface area contributed by atoms with E-state index in [4.69, 9.17) is 0 Å². The minimum atomic E-state index is -0.397. The molecular weight excluding hydrogens is 336 g/mol. The molecule has 1 aliphatic carbocycles. The van der Waals surface area contributed by atoms with Crippen LogP contribution < -0.4 is 0 Å². The van der Waals surface area contributed by atoms with Crippen molar-refractivity contribution in [2.24, 2.45) is 5.92 Å². The lowest BCUT2D eigenvalue weighted by Gasteiger charge is -2.08. The van der Waals surface area contributed by atoms with E-state index in [9.17, 15) is 15.2 Å². The lowest BCUT2D eigenvalue weighted by molar-refractivity contribution is -0.385. The van der Waals surface area contributed by atoms with E-state index >= 15 is 0 Å². The van der Waals surface area contributed by atoms with Crippen LogP contribution in [0.15, 0.2) is 41.1 Å². The number of nitro benzene ring substituents is 1. The fourth-order valence-electron chi connectivity index (χ4n) is 2.44. The summed E-state index contributed by atoms with van der Waals surface area (Å²) in [6, 6.07) is 6.93. The molecule has 1 saturated carbocycles. The van der Waals surface area contributed by atoms with Gasteiger partial charge in [-0.1, -0.05) is 12.1 Å². The lowest BCUT2D eigenvalue weighted by Crippen LogP contribution is -2.01. The molecule has 1 aliphatic rings. The second-order valence-electron chi connectivity index (χ2n) is 5.41. The van der Waals surface area contributed by atoms with Crippen molar-refractivity contribution < 1.29 is 10.0 Å². The molecule has 1 atom stereocenters. The van der Waals surface area contributed by atoms with E-state index in [1.807, 2.05) is 29.1 Å². The van der Waals surface area contributed by atoms with E-state index in [1.165, 1.54) is 6.07 Å². The number of aliphatic hydroxyl groups is 1. The number of rotatable bonds is 5. The minimum Gasteiger partial charge on any atom is -0.388 e. The fourth-order valence-corrected chi connectivity index (χ4v) is 2.98. The van der Waals surface area contributed by atoms with E-state index in [0.29, 0.717) is 16.9 Å². The first-order valence-corrected chi connectivity index (χ1v) is 7.61. The lowest BCUT2D eigenvalue weighted by atomic mass is 10.1. The van der Waals surface area contributed by atoms with Gasteiger partial charge in [-0.15, -0.1) is 0 Å². The van der Waals surface area contributed by atoms with Gasteiger partial charge >= 0.3 is 0 Å². The van der Waals surface area contributed by atoms with Crippen LogP contribution in [0.25, 0.3) is 0 Å². The number of nitro groups is 1. The molecule has 0 saturated heterocycles. The van der Waals surface area contributed by atoms with Gasteiger partial charge in [0.05, 0.1) is 11.0 Å². The number of aliphatic hydroxyl groups excluding tert-OH is 1. The first kappa shape index (κ1) is 14.3. The molecule has 2 aromatic rings. The molecule has 1 heterocycles. The van der Waals surface area contributed by atoms with Gasteiger partial charge in [-0.3, -0.25) is 10.1 Å². The van der Waals surface area contributed by atoms with Crippen molar-refractivity contribution in [3.05, 3.63) is 62.4 Å². The van der Waals surface area contributed by atoms with Gasteiger partial charge in [0.15, 0.2) is 0 Å². The van der Waals surface area contributed by atoms with Crippen molar-refractivity contribution in [2.45, 2.75) is 25.5 Å². The van der Waals surface area contributed by atoms with Crippen LogP contribution in [0.3, 0.4) is 0 Å². The average molecular weight is 351 g/mol. The van der Waals surface area contributed by atoms with Crippen LogP contribution in [-0.4, -0.2) is 14.6 Å². The zero-order valence-electron chi connectivity index (χ0n) is 11.3. The van der Waals surface area contributed by atoms with Crippen molar-refractivity contribution in [3.63, 3.8) is 0 Å². The number of aromatic nitrogens is 1. The number of hydrogen-bond acceptors (Lipinski definition) is 3. The van der Waals surface area contributed by atoms with E-state index in [-0.39, 0.29) is 11.8 Å². The highest BCUT2D eigenvalue weighted by atomic mass is 79.9. The summed E-state index contributed by atoms with van der Waals surface area (Å²) in [5.41, 5.74) is 1.82. The van der Waals surface area contributed by atoms with Gasteiger partial charge < -0.3 is 9.67 Å². The topological polar surface area (TPSA) is 68.3 Å². The number of nitrogens with zero attached hydrogens (tertiary/aromatic N) is 2. The predicted octanol–water partition coefficient (Wildman–Crippen LogP) is 3.65. The number of halogens is 1. The van der Waals surface area contributed by atoms with E-state index in [1.54, 1.807) is 6.07 Å². The summed E-state index contributed by atoms with van der Waals surface area (Å²) in [6.07, 6.45) is 5.59. The summed E-state index contributed by atoms with van der Waals surface area (Å²) in [7, 11) is 0. The Bertz CT molecular complexity index is 679. The molecule has 0 bridgehead atoms. The minimum absolute atomic E-state index is 0.0675. The molecule has 1 aromatic carbocycles. The Morgan fingerprint density at radius 3 is 2.86 bits per heavy atom. The van der Waals surface area contributed by atoms with Crippen LogP contribution in [0, 0.1) is 16.0 Å². The van der Waals surface area contributed by atoms with Crippen LogP contribution in [0.2, 0.25) is 0 Å². The van der Waals surface area contributed by atoms with Gasteiger partial charge in [0, 0.05) is 25.0 Å². The van der Waals surface area contributed by atoms with Crippen LogP contribution in [0.1, 0.15) is 30.1 Å². The van der Waals surface area contributed by atoms with Crippen LogP contribution in [0.5, 0.6) is 0 Å². The van der Waals surface area contributed by atoms with Gasteiger partial charge in [0.2, 0.25) is 0 Å². The van der Waals surface area contributed by atoms with Gasteiger partial charge in [0.25, 0.3) is 5.69 Å². The van der Waals surface area contributed by atoms with E-state index < -0.39 is 4.92 Å². The first-order valence-electron chi connectivity index (χ1n) is 6.82. The third kappa shape index (κ3) is 3.01. The Morgan fingerprint density at radius 1 is 1.43 bits per heavy atom. The molecule has 6 heteroatoms. The summed E-state index contributed by atoms with van der Waals surface area (Å²) in [4.78, 5) is 10.5. The Hall–Kier alpha value is -1.66. The zero-order chi connectivity index (χ0) is 15.0. The third-order valence-corrected chi connectivity index (χ3v) is 4.71. The number of benzene rings is 1. The molecule has 1 N–H and O–H groups in total. The Morgan fingerprint density at radius 2 is 2.19 bits per heavy atom. The SMILES string of the molecule is O=[N+]([O-])c1cccc(Cn2ccc(C(O)C3CC3)c2)c1Br. The van der Waals surface area contributed by atoms with Crippen LogP contribution in [0.4, 0.5) is 5.69 Å². The quantitative estimate of drug-likeness (QED) is 0.660. The zero-order valence-corrected chi connectivity index (χ0v) is 12.9. The molecule has 5 nitrogen and oxygen atoms in total. The summed E-state index contributed by atoms with van der Waals surface area (Å²) < 4.78 is 2.44. The van der Waals surface area contributed by atoms with Crippen LogP contribution in [-0.2, 0) is 6.54 Å². The summed E-state index contributed by atoms with van der Waals surface area (Å²) in [5.74, 6) is 0.394. The summed E-state index contributed by atoms with van der Waals surface area (Å²) in [6.45, 7) is 0.527. The second kappa shape index (κ2) is 5.61. The Labute approximate surface area is 130 Å². The van der Waals surface area contributed by atoms with Crippen LogP contribution >= 0.6 is 15.9 Å². The smallest absolute Gasteiger partial charge is 0.283 e. The Kier molecular flexibility index (Phi) is 3.82. The van der Waals surface area contributed by atoms with Gasteiger partial charge in [0.1, 0.15) is 4.47 Å². The van der Waals surface area contributed by atoms with Crippen molar-refractivity contribution >= 4 is 21.6 Å². The molecule has 0 spiro atoms. The maximum Gasteiger partial charge on any atom is 0.283 e. The maximum atomic E-state index is 10.9. The predicted molar refractivity (Wildman–Crippen MR) is 82.0 cm³/mol. The van der Waals surface area contributed by atoms with Crippen molar-refractivity contribution in [2.75, 3.05) is 0 Å². The third-order valence-electron chi connectivity index (χ3n) is 3.79. The first-order chi connectivity index (χ1) is 10.1. The molecule has 21 heavy (non-hydrogen) atoms. The molecule has 1 unspecified atom stereocenters. The van der Waals surface area contributed by atoms with Gasteiger partial charge in [-0.2, -0.15) is 0 Å². The molecule has 3 rings (SSSR count). The highest BCUT2D eigenvalue weighted by Crippen LogP contribution is 2.41.